The zero-order chi connectivity index (χ0) is 20.3. The van der Waals surface area contributed by atoms with Gasteiger partial charge in [-0.2, -0.15) is 4.98 Å². The van der Waals surface area contributed by atoms with Crippen LogP contribution in [0, 0.1) is 0 Å². The third kappa shape index (κ3) is 4.86. The first kappa shape index (κ1) is 19.3. The van der Waals surface area contributed by atoms with Crippen molar-refractivity contribution in [2.45, 2.75) is 25.1 Å². The zero-order valence-corrected chi connectivity index (χ0v) is 15.4. The summed E-state index contributed by atoms with van der Waals surface area (Å²) in [5.74, 6) is 0.0214. The van der Waals surface area contributed by atoms with Crippen molar-refractivity contribution < 1.29 is 22.6 Å². The molecule has 1 aliphatic rings. The minimum absolute atomic E-state index is 0.0365. The Kier molecular flexibility index (Phi) is 5.39. The molecular formula is C20H19F3N4O2. The highest BCUT2D eigenvalue weighted by atomic mass is 19.4. The highest BCUT2D eigenvalue weighted by Gasteiger charge is 2.33. The first-order valence-electron chi connectivity index (χ1n) is 9.19. The molecule has 3 aromatic rings. The van der Waals surface area contributed by atoms with Gasteiger partial charge < -0.3 is 14.8 Å². The number of hydrogen-bond acceptors (Lipinski definition) is 5. The minimum Gasteiger partial charge on any atom is -0.405 e. The first-order chi connectivity index (χ1) is 14.0. The number of hydrogen-bond donors (Lipinski definition) is 1. The molecule has 152 valence electrons. The monoisotopic (exact) mass is 404 g/mol. The highest BCUT2D eigenvalue weighted by molar-refractivity contribution is 5.58. The van der Waals surface area contributed by atoms with Gasteiger partial charge in [-0.05, 0) is 42.5 Å². The Morgan fingerprint density at radius 3 is 2.55 bits per heavy atom. The summed E-state index contributed by atoms with van der Waals surface area (Å²) < 4.78 is 50.0. The van der Waals surface area contributed by atoms with Gasteiger partial charge in [0.2, 0.25) is 5.95 Å². The molecule has 1 aromatic heterocycles. The van der Waals surface area contributed by atoms with E-state index in [0.717, 1.165) is 5.69 Å². The number of ether oxygens (including phenoxy) is 2. The van der Waals surface area contributed by atoms with Crippen molar-refractivity contribution in [1.29, 1.82) is 0 Å². The maximum Gasteiger partial charge on any atom is 0.573 e. The molecule has 1 saturated heterocycles. The van der Waals surface area contributed by atoms with E-state index in [1.54, 1.807) is 16.8 Å². The molecule has 0 atom stereocenters. The van der Waals surface area contributed by atoms with E-state index in [4.69, 9.17) is 4.74 Å². The van der Waals surface area contributed by atoms with Gasteiger partial charge in [0.25, 0.3) is 0 Å². The Balaban J connectivity index is 1.57. The summed E-state index contributed by atoms with van der Waals surface area (Å²) in [4.78, 5) is 4.17. The standard InChI is InChI=1S/C20H19F3N4O2/c21-20(22,23)29-18-12-15(6-7-17(18)14-8-10-28-11-9-14)25-19-24-13-27(26-19)16-4-2-1-3-5-16/h1-7,12-14H,8-11H2,(H,25,26). The molecule has 1 N–H and O–H groups in total. The van der Waals surface area contributed by atoms with E-state index in [1.807, 2.05) is 30.3 Å². The molecule has 0 aliphatic carbocycles. The third-order valence-electron chi connectivity index (χ3n) is 4.67. The smallest absolute Gasteiger partial charge is 0.405 e. The van der Waals surface area contributed by atoms with Crippen LogP contribution in [0.2, 0.25) is 0 Å². The van der Waals surface area contributed by atoms with Crippen molar-refractivity contribution in [2.24, 2.45) is 0 Å². The van der Waals surface area contributed by atoms with E-state index < -0.39 is 6.36 Å². The quantitative estimate of drug-likeness (QED) is 0.662. The van der Waals surface area contributed by atoms with Crippen LogP contribution in [0.3, 0.4) is 0 Å². The fourth-order valence-electron chi connectivity index (χ4n) is 3.33. The Morgan fingerprint density at radius 1 is 1.07 bits per heavy atom. The summed E-state index contributed by atoms with van der Waals surface area (Å²) in [6.07, 6.45) is -1.93. The first-order valence-corrected chi connectivity index (χ1v) is 9.19. The van der Waals surface area contributed by atoms with Crippen LogP contribution in [0.15, 0.2) is 54.9 Å². The van der Waals surface area contributed by atoms with Gasteiger partial charge in [-0.15, -0.1) is 18.3 Å². The lowest BCUT2D eigenvalue weighted by Crippen LogP contribution is -2.20. The number of aromatic nitrogens is 3. The minimum atomic E-state index is -4.77. The Labute approximate surface area is 165 Å². The molecule has 1 aliphatic heterocycles. The van der Waals surface area contributed by atoms with Crippen LogP contribution < -0.4 is 10.1 Å². The van der Waals surface area contributed by atoms with Crippen LogP contribution in [0.5, 0.6) is 5.75 Å². The lowest BCUT2D eigenvalue weighted by molar-refractivity contribution is -0.275. The van der Waals surface area contributed by atoms with E-state index >= 15 is 0 Å². The van der Waals surface area contributed by atoms with Crippen LogP contribution in [-0.2, 0) is 4.74 Å². The van der Waals surface area contributed by atoms with Gasteiger partial charge in [-0.3, -0.25) is 0 Å². The molecule has 0 spiro atoms. The van der Waals surface area contributed by atoms with E-state index in [1.165, 1.54) is 12.4 Å². The molecule has 4 rings (SSSR count). The number of benzene rings is 2. The molecule has 9 heteroatoms. The summed E-state index contributed by atoms with van der Waals surface area (Å²) in [7, 11) is 0. The molecular weight excluding hydrogens is 385 g/mol. The summed E-state index contributed by atoms with van der Waals surface area (Å²) in [5.41, 5.74) is 1.76. The number of para-hydroxylation sites is 1. The van der Waals surface area contributed by atoms with E-state index in [0.29, 0.717) is 37.3 Å². The Hall–Kier alpha value is -3.07. The Morgan fingerprint density at radius 2 is 1.83 bits per heavy atom. The second kappa shape index (κ2) is 8.12. The van der Waals surface area contributed by atoms with Crippen LogP contribution in [-0.4, -0.2) is 34.3 Å². The van der Waals surface area contributed by atoms with Crippen molar-refractivity contribution in [1.82, 2.24) is 14.8 Å². The van der Waals surface area contributed by atoms with E-state index in [9.17, 15) is 13.2 Å². The van der Waals surface area contributed by atoms with Gasteiger partial charge >= 0.3 is 6.36 Å². The SMILES string of the molecule is FC(F)(F)Oc1cc(Nc2ncn(-c3ccccc3)n2)ccc1C1CCOCC1. The van der Waals surface area contributed by atoms with E-state index in [-0.39, 0.29) is 17.6 Å². The number of nitrogens with one attached hydrogen (secondary N) is 1. The van der Waals surface area contributed by atoms with Gasteiger partial charge in [0.1, 0.15) is 12.1 Å². The second-order valence-electron chi connectivity index (χ2n) is 6.66. The molecule has 6 nitrogen and oxygen atoms in total. The van der Waals surface area contributed by atoms with E-state index in [2.05, 4.69) is 20.1 Å². The van der Waals surface area contributed by atoms with Gasteiger partial charge in [0.05, 0.1) is 5.69 Å². The van der Waals surface area contributed by atoms with Crippen molar-refractivity contribution in [3.05, 3.63) is 60.4 Å². The lowest BCUT2D eigenvalue weighted by atomic mass is 9.91. The number of rotatable bonds is 5. The molecule has 0 saturated carbocycles. The van der Waals surface area contributed by atoms with Crippen molar-refractivity contribution in [3.8, 4) is 11.4 Å². The molecule has 29 heavy (non-hydrogen) atoms. The lowest BCUT2D eigenvalue weighted by Gasteiger charge is -2.25. The summed E-state index contributed by atoms with van der Waals surface area (Å²) in [5, 5.41) is 7.24. The maximum atomic E-state index is 12.9. The normalized spacial score (nSPS) is 15.3. The summed E-state index contributed by atoms with van der Waals surface area (Å²) >= 11 is 0. The third-order valence-corrected chi connectivity index (χ3v) is 4.67. The summed E-state index contributed by atoms with van der Waals surface area (Å²) in [6, 6.07) is 14.1. The zero-order valence-electron chi connectivity index (χ0n) is 15.4. The maximum absolute atomic E-state index is 12.9. The molecule has 2 heterocycles. The van der Waals surface area contributed by atoms with Crippen molar-refractivity contribution in [3.63, 3.8) is 0 Å². The molecule has 1 fully saturated rings. The fraction of sp³-hybridized carbons (Fsp3) is 0.300. The largest absolute Gasteiger partial charge is 0.573 e. The number of halogens is 3. The van der Waals surface area contributed by atoms with Gasteiger partial charge in [-0.1, -0.05) is 24.3 Å². The number of nitrogens with zero attached hydrogens (tertiary/aromatic N) is 3. The molecule has 2 aromatic carbocycles. The molecule has 0 unspecified atom stereocenters. The highest BCUT2D eigenvalue weighted by Crippen LogP contribution is 2.38. The average Bonchev–Trinajstić information content (AvgIpc) is 3.17. The van der Waals surface area contributed by atoms with Gasteiger partial charge in [0, 0.05) is 25.0 Å². The predicted octanol–water partition coefficient (Wildman–Crippen LogP) is 4.80. The van der Waals surface area contributed by atoms with Gasteiger partial charge in [-0.25, -0.2) is 4.68 Å². The molecule has 0 bridgehead atoms. The predicted molar refractivity (Wildman–Crippen MR) is 101 cm³/mol. The van der Waals surface area contributed by atoms with Crippen LogP contribution in [0.4, 0.5) is 24.8 Å². The van der Waals surface area contributed by atoms with Crippen molar-refractivity contribution in [2.75, 3.05) is 18.5 Å². The van der Waals surface area contributed by atoms with Crippen LogP contribution >= 0.6 is 0 Å². The number of anilines is 2. The van der Waals surface area contributed by atoms with Crippen molar-refractivity contribution >= 4 is 11.6 Å². The fourth-order valence-corrected chi connectivity index (χ4v) is 3.33. The number of alkyl halides is 3. The molecule has 0 radical (unpaired) electrons. The van der Waals surface area contributed by atoms with Crippen LogP contribution in [0.25, 0.3) is 5.69 Å². The average molecular weight is 404 g/mol. The Bertz CT molecular complexity index is 954. The topological polar surface area (TPSA) is 61.2 Å². The van der Waals surface area contributed by atoms with Gasteiger partial charge in [0.15, 0.2) is 0 Å². The summed E-state index contributed by atoms with van der Waals surface area (Å²) in [6.45, 7) is 1.05. The molecule has 0 amide bonds. The second-order valence-corrected chi connectivity index (χ2v) is 6.66. The van der Waals surface area contributed by atoms with Crippen LogP contribution in [0.1, 0.15) is 24.3 Å².